The Kier molecular flexibility index (Phi) is 7.10. The van der Waals surface area contributed by atoms with E-state index in [4.69, 9.17) is 14.2 Å². The van der Waals surface area contributed by atoms with Crippen LogP contribution >= 0.6 is 0 Å². The van der Waals surface area contributed by atoms with E-state index >= 15 is 0 Å². The van der Waals surface area contributed by atoms with Crippen molar-refractivity contribution in [2.75, 3.05) is 44.8 Å². The third-order valence-corrected chi connectivity index (χ3v) is 7.54. The smallest absolute Gasteiger partial charge is 0.259 e. The minimum Gasteiger partial charge on any atom is -0.490 e. The molecule has 0 aromatic heterocycles. The van der Waals surface area contributed by atoms with Gasteiger partial charge in [0.2, 0.25) is 10.0 Å². The Balaban J connectivity index is 1.52. The summed E-state index contributed by atoms with van der Waals surface area (Å²) in [6, 6.07) is 11.8. The molecule has 1 amide bonds. The maximum Gasteiger partial charge on any atom is 0.259 e. The molecule has 8 nitrogen and oxygen atoms in total. The van der Waals surface area contributed by atoms with E-state index in [0.29, 0.717) is 49.9 Å². The highest BCUT2D eigenvalue weighted by atomic mass is 32.2. The lowest BCUT2D eigenvalue weighted by Crippen LogP contribution is -2.40. The van der Waals surface area contributed by atoms with E-state index < -0.39 is 10.0 Å². The maximum absolute atomic E-state index is 13.0. The molecule has 0 saturated carbocycles. The summed E-state index contributed by atoms with van der Waals surface area (Å²) in [4.78, 5) is 13.2. The van der Waals surface area contributed by atoms with E-state index in [1.807, 2.05) is 13.0 Å². The molecule has 172 valence electrons. The Morgan fingerprint density at radius 1 is 1.16 bits per heavy atom. The van der Waals surface area contributed by atoms with Gasteiger partial charge in [-0.05, 0) is 49.6 Å². The van der Waals surface area contributed by atoms with Crippen LogP contribution in [0.5, 0.6) is 5.75 Å². The summed E-state index contributed by atoms with van der Waals surface area (Å²) in [6.07, 6.45) is 1.99. The van der Waals surface area contributed by atoms with Crippen LogP contribution in [0.3, 0.4) is 0 Å². The van der Waals surface area contributed by atoms with Crippen LogP contribution in [0.1, 0.15) is 28.8 Å². The molecule has 9 heteroatoms. The number of para-hydroxylation sites is 1. The zero-order valence-electron chi connectivity index (χ0n) is 18.1. The lowest BCUT2D eigenvalue weighted by molar-refractivity contribution is 0.0673. The first kappa shape index (κ1) is 22.7. The molecule has 1 N–H and O–H groups in total. The highest BCUT2D eigenvalue weighted by Gasteiger charge is 2.27. The lowest BCUT2D eigenvalue weighted by atomic mass is 10.1. The molecule has 1 unspecified atom stereocenters. The summed E-state index contributed by atoms with van der Waals surface area (Å²) in [5.74, 6) is 0.104. The van der Waals surface area contributed by atoms with Crippen LogP contribution in [0.4, 0.5) is 5.69 Å². The fourth-order valence-corrected chi connectivity index (χ4v) is 5.20. The highest BCUT2D eigenvalue weighted by molar-refractivity contribution is 7.89. The predicted molar refractivity (Wildman–Crippen MR) is 120 cm³/mol. The number of nitrogens with zero attached hydrogens (tertiary/aromatic N) is 1. The Morgan fingerprint density at radius 3 is 2.69 bits per heavy atom. The molecule has 2 aromatic carbocycles. The Bertz CT molecular complexity index is 1060. The topological polar surface area (TPSA) is 94.2 Å². The van der Waals surface area contributed by atoms with Gasteiger partial charge in [0.25, 0.3) is 5.91 Å². The number of hydrogen-bond donors (Lipinski definition) is 1. The van der Waals surface area contributed by atoms with E-state index in [-0.39, 0.29) is 16.9 Å². The summed E-state index contributed by atoms with van der Waals surface area (Å²) in [7, 11) is -3.66. The molecule has 2 aromatic rings. The van der Waals surface area contributed by atoms with Crippen molar-refractivity contribution in [3.8, 4) is 5.75 Å². The average molecular weight is 461 g/mol. The Hall–Kier alpha value is -2.46. The first-order valence-electron chi connectivity index (χ1n) is 10.8. The number of ether oxygens (including phenoxy) is 3. The van der Waals surface area contributed by atoms with Crippen LogP contribution < -0.4 is 10.1 Å². The molecule has 2 heterocycles. The molecule has 2 fully saturated rings. The van der Waals surface area contributed by atoms with E-state index in [9.17, 15) is 13.2 Å². The summed E-state index contributed by atoms with van der Waals surface area (Å²) in [6.45, 7) is 4.31. The van der Waals surface area contributed by atoms with Gasteiger partial charge in [0.1, 0.15) is 12.4 Å². The molecule has 2 aliphatic rings. The SMILES string of the molecule is Cc1ccc(S(=O)(=O)N2CCOCC2)cc1NC(=O)c1ccccc1OCC1CCCO1. The predicted octanol–water partition coefficient (Wildman–Crippen LogP) is 2.83. The number of nitrogens with one attached hydrogen (secondary N) is 1. The largest absolute Gasteiger partial charge is 0.490 e. The van der Waals surface area contributed by atoms with Crippen molar-refractivity contribution in [2.45, 2.75) is 30.8 Å². The van der Waals surface area contributed by atoms with Gasteiger partial charge in [0.05, 0.1) is 29.8 Å². The van der Waals surface area contributed by atoms with Crippen molar-refractivity contribution in [2.24, 2.45) is 0 Å². The van der Waals surface area contributed by atoms with Crippen molar-refractivity contribution in [1.82, 2.24) is 4.31 Å². The van der Waals surface area contributed by atoms with Gasteiger partial charge in [-0.1, -0.05) is 18.2 Å². The van der Waals surface area contributed by atoms with Gasteiger partial charge in [-0.3, -0.25) is 4.79 Å². The van der Waals surface area contributed by atoms with Gasteiger partial charge in [-0.25, -0.2) is 8.42 Å². The van der Waals surface area contributed by atoms with E-state index in [1.165, 1.54) is 10.4 Å². The summed E-state index contributed by atoms with van der Waals surface area (Å²) in [5.41, 5.74) is 1.58. The fraction of sp³-hybridized carbons (Fsp3) is 0.435. The fourth-order valence-electron chi connectivity index (χ4n) is 3.76. The van der Waals surface area contributed by atoms with Crippen molar-refractivity contribution in [3.05, 3.63) is 53.6 Å². The molecule has 4 rings (SSSR count). The summed E-state index contributed by atoms with van der Waals surface area (Å²) < 4.78 is 44.1. The Labute approximate surface area is 188 Å². The van der Waals surface area contributed by atoms with Crippen molar-refractivity contribution >= 4 is 21.6 Å². The molecular formula is C23H28N2O6S. The van der Waals surface area contributed by atoms with Crippen LogP contribution in [0.25, 0.3) is 0 Å². The monoisotopic (exact) mass is 460 g/mol. The molecule has 0 bridgehead atoms. The number of morpholine rings is 1. The maximum atomic E-state index is 13.0. The van der Waals surface area contributed by atoms with Gasteiger partial charge in [-0.2, -0.15) is 4.31 Å². The number of sulfonamides is 1. The summed E-state index contributed by atoms with van der Waals surface area (Å²) >= 11 is 0. The zero-order valence-corrected chi connectivity index (χ0v) is 18.9. The third-order valence-electron chi connectivity index (χ3n) is 5.65. The van der Waals surface area contributed by atoms with E-state index in [0.717, 1.165) is 25.0 Å². The van der Waals surface area contributed by atoms with Gasteiger partial charge in [-0.15, -0.1) is 0 Å². The van der Waals surface area contributed by atoms with Gasteiger partial charge < -0.3 is 19.5 Å². The van der Waals surface area contributed by atoms with Crippen LogP contribution in [0.2, 0.25) is 0 Å². The number of benzene rings is 2. The van der Waals surface area contributed by atoms with Crippen LogP contribution in [0.15, 0.2) is 47.4 Å². The lowest BCUT2D eigenvalue weighted by Gasteiger charge is -2.26. The number of aryl methyl sites for hydroxylation is 1. The van der Waals surface area contributed by atoms with Crippen LogP contribution in [0, 0.1) is 6.92 Å². The van der Waals surface area contributed by atoms with Gasteiger partial charge >= 0.3 is 0 Å². The van der Waals surface area contributed by atoms with Crippen LogP contribution in [-0.2, 0) is 19.5 Å². The number of hydrogen-bond acceptors (Lipinski definition) is 6. The number of amides is 1. The average Bonchev–Trinajstić information content (AvgIpc) is 3.33. The first-order valence-corrected chi connectivity index (χ1v) is 12.2. The minimum absolute atomic E-state index is 0.0374. The van der Waals surface area contributed by atoms with E-state index in [1.54, 1.807) is 30.3 Å². The third kappa shape index (κ3) is 5.12. The van der Waals surface area contributed by atoms with Gasteiger partial charge in [0, 0.05) is 25.4 Å². The second-order valence-corrected chi connectivity index (χ2v) is 9.83. The number of carbonyl (C=O) groups excluding carboxylic acids is 1. The normalized spacial score (nSPS) is 19.6. The molecule has 1 atom stereocenters. The number of rotatable bonds is 7. The number of carbonyl (C=O) groups is 1. The first-order chi connectivity index (χ1) is 15.4. The minimum atomic E-state index is -3.66. The standard InChI is InChI=1S/C23H28N2O6S/c1-17-8-9-19(32(27,28)25-10-13-29-14-11-25)15-21(17)24-23(26)20-6-2-3-7-22(20)31-16-18-5-4-12-30-18/h2-3,6-9,15,18H,4-5,10-14,16H2,1H3,(H,24,26). The van der Waals surface area contributed by atoms with Crippen molar-refractivity contribution in [1.29, 1.82) is 0 Å². The molecule has 0 radical (unpaired) electrons. The van der Waals surface area contributed by atoms with Crippen molar-refractivity contribution in [3.63, 3.8) is 0 Å². The Morgan fingerprint density at radius 2 is 1.94 bits per heavy atom. The quantitative estimate of drug-likeness (QED) is 0.683. The molecule has 2 aliphatic heterocycles. The van der Waals surface area contributed by atoms with E-state index in [2.05, 4.69) is 5.32 Å². The zero-order chi connectivity index (χ0) is 22.6. The number of anilines is 1. The second-order valence-electron chi connectivity index (χ2n) is 7.89. The molecule has 0 spiro atoms. The molecule has 2 saturated heterocycles. The molecular weight excluding hydrogens is 432 g/mol. The molecule has 32 heavy (non-hydrogen) atoms. The van der Waals surface area contributed by atoms with Crippen LogP contribution in [-0.4, -0.2) is 64.3 Å². The second kappa shape index (κ2) is 9.99. The van der Waals surface area contributed by atoms with Gasteiger partial charge in [0.15, 0.2) is 0 Å². The highest BCUT2D eigenvalue weighted by Crippen LogP contribution is 2.26. The molecule has 0 aliphatic carbocycles. The van der Waals surface area contributed by atoms with Crippen molar-refractivity contribution < 1.29 is 27.4 Å². The summed E-state index contributed by atoms with van der Waals surface area (Å²) in [5, 5.41) is 2.85.